The number of unbranched alkanes of at least 4 members (excludes halogenated alkanes) is 46. The van der Waals surface area contributed by atoms with Crippen molar-refractivity contribution in [2.75, 3.05) is 26.4 Å². The van der Waals surface area contributed by atoms with Crippen molar-refractivity contribution in [3.8, 4) is 0 Å². The van der Waals surface area contributed by atoms with Gasteiger partial charge in [0, 0.05) is 6.42 Å². The summed E-state index contributed by atoms with van der Waals surface area (Å²) in [7, 11) is 0. The third-order valence-electron chi connectivity index (χ3n) is 19.9. The van der Waals surface area contributed by atoms with E-state index in [1.54, 1.807) is 0 Å². The molecular weight excluding hydrogens is 1190 g/mol. The maximum atomic E-state index is 13.5. The molecule has 0 saturated carbocycles. The Morgan fingerprint density at radius 1 is 0.344 bits per heavy atom. The molecule has 1 amide bonds. The molecule has 3 heterocycles. The van der Waals surface area contributed by atoms with E-state index in [4.69, 9.17) is 28.4 Å². The van der Waals surface area contributed by atoms with Crippen LogP contribution in [0.5, 0.6) is 0 Å². The number of amides is 1. The Hall–Kier alpha value is -1.21. The third-order valence-corrected chi connectivity index (χ3v) is 19.9. The second-order valence-corrected chi connectivity index (χ2v) is 28.2. The number of hydrogen-bond donors (Lipinski definition) is 12. The van der Waals surface area contributed by atoms with E-state index < -0.39 is 124 Å². The second kappa shape index (κ2) is 56.5. The first-order valence-corrected chi connectivity index (χ1v) is 38.8. The first kappa shape index (κ1) is 86.0. The summed E-state index contributed by atoms with van der Waals surface area (Å²) in [6.07, 6.45) is 36.2. The molecule has 93 heavy (non-hydrogen) atoms. The minimum atomic E-state index is -1.97. The number of ether oxygens (including phenoxy) is 6. The number of nitrogens with one attached hydrogen (secondary N) is 1. The summed E-state index contributed by atoms with van der Waals surface area (Å²) in [4.78, 5) is 13.5. The zero-order chi connectivity index (χ0) is 67.5. The van der Waals surface area contributed by atoms with Gasteiger partial charge in [-0.15, -0.1) is 0 Å². The molecule has 17 atom stereocenters. The molecule has 3 fully saturated rings. The fourth-order valence-electron chi connectivity index (χ4n) is 13.7. The van der Waals surface area contributed by atoms with Gasteiger partial charge in [0.1, 0.15) is 73.2 Å². The summed E-state index contributed by atoms with van der Waals surface area (Å²) in [6, 6.07) is -0.882. The number of carbonyl (C=O) groups excluding carboxylic acids is 1. The van der Waals surface area contributed by atoms with Crippen LogP contribution in [0.3, 0.4) is 0 Å². The Morgan fingerprint density at radius 3 is 0.935 bits per heavy atom. The fourth-order valence-corrected chi connectivity index (χ4v) is 13.7. The van der Waals surface area contributed by atoms with Gasteiger partial charge in [0.25, 0.3) is 0 Å². The predicted octanol–water partition coefficient (Wildman–Crippen LogP) is 11.8. The largest absolute Gasteiger partial charge is 0.394 e. The van der Waals surface area contributed by atoms with Crippen molar-refractivity contribution in [2.24, 2.45) is 0 Å². The molecule has 3 aliphatic heterocycles. The minimum absolute atomic E-state index is 0.233. The highest BCUT2D eigenvalue weighted by Gasteiger charge is 2.54. The van der Waals surface area contributed by atoms with Crippen LogP contribution < -0.4 is 5.32 Å². The van der Waals surface area contributed by atoms with Crippen LogP contribution in [0.1, 0.15) is 335 Å². The Morgan fingerprint density at radius 2 is 0.613 bits per heavy atom. The predicted molar refractivity (Wildman–Crippen MR) is 365 cm³/mol. The van der Waals surface area contributed by atoms with Crippen molar-refractivity contribution < 1.29 is 89.4 Å². The van der Waals surface area contributed by atoms with Gasteiger partial charge >= 0.3 is 0 Å². The molecule has 0 aromatic heterocycles. The lowest BCUT2D eigenvalue weighted by Gasteiger charge is -2.48. The molecule has 0 aliphatic carbocycles. The number of hydrogen-bond acceptors (Lipinski definition) is 18. The van der Waals surface area contributed by atoms with Crippen LogP contribution in [-0.4, -0.2) is 193 Å². The van der Waals surface area contributed by atoms with E-state index >= 15 is 0 Å². The summed E-state index contributed by atoms with van der Waals surface area (Å²) in [5, 5.41) is 121. The summed E-state index contributed by atoms with van der Waals surface area (Å²) < 4.78 is 34.5. The maximum absolute atomic E-state index is 13.5. The topological polar surface area (TPSA) is 307 Å². The number of aliphatic hydroxyl groups excluding tert-OH is 11. The fraction of sp³-hybridized carbons (Fsp3) is 0.986. The molecule has 12 N–H and O–H groups in total. The van der Waals surface area contributed by atoms with E-state index in [2.05, 4.69) is 19.2 Å². The van der Waals surface area contributed by atoms with E-state index in [-0.39, 0.29) is 18.9 Å². The normalized spacial score (nSPS) is 27.4. The third kappa shape index (κ3) is 37.7. The van der Waals surface area contributed by atoms with Gasteiger partial charge in [-0.1, -0.05) is 316 Å². The quantitative estimate of drug-likeness (QED) is 0.0252. The average molecular weight is 1330 g/mol. The van der Waals surface area contributed by atoms with Crippen molar-refractivity contribution in [1.29, 1.82) is 0 Å². The van der Waals surface area contributed by atoms with Crippen LogP contribution in [0.2, 0.25) is 0 Å². The van der Waals surface area contributed by atoms with Gasteiger partial charge in [-0.3, -0.25) is 4.79 Å². The van der Waals surface area contributed by atoms with Gasteiger partial charge < -0.3 is 89.9 Å². The number of carbonyl (C=O) groups is 1. The molecule has 0 aromatic carbocycles. The van der Waals surface area contributed by atoms with Crippen LogP contribution in [0.25, 0.3) is 0 Å². The summed E-state index contributed by atoms with van der Waals surface area (Å²) >= 11 is 0. The number of rotatable bonds is 62. The van der Waals surface area contributed by atoms with Gasteiger partial charge in [0.05, 0.1) is 38.6 Å². The van der Waals surface area contributed by atoms with Gasteiger partial charge in [-0.2, -0.15) is 0 Å². The summed E-state index contributed by atoms with van der Waals surface area (Å²) in [5.41, 5.74) is 0. The molecule has 3 aliphatic rings. The van der Waals surface area contributed by atoms with E-state index in [1.165, 1.54) is 257 Å². The van der Waals surface area contributed by atoms with Crippen LogP contribution in [-0.2, 0) is 33.2 Å². The van der Waals surface area contributed by atoms with Gasteiger partial charge in [0.15, 0.2) is 18.9 Å². The highest BCUT2D eigenvalue weighted by Crippen LogP contribution is 2.33. The van der Waals surface area contributed by atoms with E-state index in [1.807, 2.05) is 0 Å². The lowest BCUT2D eigenvalue weighted by molar-refractivity contribution is -0.379. The Labute approximate surface area is 563 Å². The Bertz CT molecular complexity index is 1690. The molecule has 3 saturated heterocycles. The average Bonchev–Trinajstić information content (AvgIpc) is 1.04. The second-order valence-electron chi connectivity index (χ2n) is 28.2. The molecule has 3 rings (SSSR count). The standard InChI is InChI=1S/C74H143NO18/c1-3-5-7-9-11-13-15-17-19-21-23-25-26-27-28-29-30-31-32-34-36-38-40-42-44-46-48-50-52-62(80)75-57(58(79)51-49-47-45-43-41-39-37-35-33-24-22-20-18-16-14-12-10-8-6-4-2)56-88-72-68(86)65(83)70(60(54-77)90-72)93-74-69(87)66(84)71(61(55-78)91-74)92-73-67(85)64(82)63(81)59(53-76)89-73/h57-61,63-74,76-79,81-87H,3-56H2,1-2H3,(H,75,80). The molecule has 19 heteroatoms. The van der Waals surface area contributed by atoms with E-state index in [0.717, 1.165) is 44.9 Å². The van der Waals surface area contributed by atoms with Crippen LogP contribution in [0.4, 0.5) is 0 Å². The lowest BCUT2D eigenvalue weighted by Crippen LogP contribution is -2.66. The molecule has 17 unspecified atom stereocenters. The Balaban J connectivity index is 1.37. The van der Waals surface area contributed by atoms with Gasteiger partial charge in [-0.05, 0) is 12.8 Å². The van der Waals surface area contributed by atoms with Crippen molar-refractivity contribution >= 4 is 5.91 Å². The lowest BCUT2D eigenvalue weighted by atomic mass is 9.96. The first-order chi connectivity index (χ1) is 45.3. The first-order valence-electron chi connectivity index (χ1n) is 38.8. The maximum Gasteiger partial charge on any atom is 0.220 e. The molecule has 0 spiro atoms. The zero-order valence-corrected chi connectivity index (χ0v) is 58.8. The minimum Gasteiger partial charge on any atom is -0.394 e. The molecule has 0 aromatic rings. The van der Waals surface area contributed by atoms with E-state index in [9.17, 15) is 61.0 Å². The van der Waals surface area contributed by atoms with Crippen LogP contribution >= 0.6 is 0 Å². The summed E-state index contributed by atoms with van der Waals surface area (Å²) in [5.74, 6) is -0.233. The van der Waals surface area contributed by atoms with Crippen LogP contribution in [0.15, 0.2) is 0 Å². The van der Waals surface area contributed by atoms with Crippen molar-refractivity contribution in [3.63, 3.8) is 0 Å². The zero-order valence-electron chi connectivity index (χ0n) is 58.8. The van der Waals surface area contributed by atoms with Gasteiger partial charge in [0.2, 0.25) is 5.91 Å². The summed E-state index contributed by atoms with van der Waals surface area (Å²) in [6.45, 7) is 1.87. The smallest absolute Gasteiger partial charge is 0.220 e. The molecule has 0 bridgehead atoms. The van der Waals surface area contributed by atoms with Crippen LogP contribution in [0, 0.1) is 0 Å². The molecule has 0 radical (unpaired) electrons. The molecule has 19 nitrogen and oxygen atoms in total. The molecule has 552 valence electrons. The monoisotopic (exact) mass is 1330 g/mol. The van der Waals surface area contributed by atoms with E-state index in [0.29, 0.717) is 12.8 Å². The molecular formula is C74H143NO18. The number of aliphatic hydroxyl groups is 11. The highest BCUT2D eigenvalue weighted by molar-refractivity contribution is 5.76. The van der Waals surface area contributed by atoms with Gasteiger partial charge in [-0.25, -0.2) is 0 Å². The van der Waals surface area contributed by atoms with Crippen molar-refractivity contribution in [1.82, 2.24) is 5.32 Å². The highest BCUT2D eigenvalue weighted by atomic mass is 16.8. The Kier molecular flexibility index (Phi) is 52.3. The SMILES string of the molecule is CCCCCCCCCCCCCCCCCCCCCCCCCCCCCCC(=O)NC(COC1OC(CO)C(OC2OC(CO)C(OC3OC(CO)C(O)C(O)C3O)C(O)C2O)C(O)C1O)C(O)CCCCCCCCCCCCCCCCCCCCCC. The van der Waals surface area contributed by atoms with Crippen molar-refractivity contribution in [3.05, 3.63) is 0 Å². The van der Waals surface area contributed by atoms with Crippen molar-refractivity contribution in [2.45, 2.75) is 439 Å².